The van der Waals surface area contributed by atoms with Crippen LogP contribution in [0.2, 0.25) is 0 Å². The molecule has 6 nitrogen and oxygen atoms in total. The fourth-order valence-electron chi connectivity index (χ4n) is 1.76. The highest BCUT2D eigenvalue weighted by molar-refractivity contribution is 9.10. The zero-order valence-electron chi connectivity index (χ0n) is 9.56. The monoisotopic (exact) mass is 299 g/mol. The van der Waals surface area contributed by atoms with Gasteiger partial charge in [-0.2, -0.15) is 4.98 Å². The molecule has 1 aliphatic rings. The van der Waals surface area contributed by atoms with Crippen LogP contribution in [0.4, 0.5) is 11.8 Å². The van der Waals surface area contributed by atoms with Crippen molar-refractivity contribution in [2.24, 2.45) is 0 Å². The van der Waals surface area contributed by atoms with E-state index in [2.05, 4.69) is 25.9 Å². The number of halogens is 1. The van der Waals surface area contributed by atoms with Gasteiger partial charge in [0.25, 0.3) is 0 Å². The molecule has 1 saturated heterocycles. The van der Waals surface area contributed by atoms with Gasteiger partial charge in [0.1, 0.15) is 5.82 Å². The van der Waals surface area contributed by atoms with E-state index in [1.54, 1.807) is 11.1 Å². The second-order valence-electron chi connectivity index (χ2n) is 3.99. The number of amides is 1. The average molecular weight is 300 g/mol. The molecule has 2 heterocycles. The minimum absolute atomic E-state index is 0.0894. The first kappa shape index (κ1) is 12.1. The van der Waals surface area contributed by atoms with Crippen molar-refractivity contribution in [1.82, 2.24) is 14.9 Å². The molecule has 1 aliphatic heterocycles. The van der Waals surface area contributed by atoms with E-state index in [0.29, 0.717) is 12.4 Å². The van der Waals surface area contributed by atoms with Crippen LogP contribution in [0.5, 0.6) is 0 Å². The molecule has 0 aliphatic carbocycles. The molecule has 0 bridgehead atoms. The highest BCUT2D eigenvalue weighted by Gasteiger charge is 2.21. The maximum atomic E-state index is 11.8. The van der Waals surface area contributed by atoms with Gasteiger partial charge in [-0.25, -0.2) is 4.98 Å². The van der Waals surface area contributed by atoms with Crippen molar-refractivity contribution in [3.05, 3.63) is 10.7 Å². The molecule has 92 valence electrons. The summed E-state index contributed by atoms with van der Waals surface area (Å²) < 4.78 is 0.754. The Balaban J connectivity index is 2.26. The number of nitrogen functional groups attached to an aromatic ring is 1. The van der Waals surface area contributed by atoms with Crippen LogP contribution >= 0.6 is 15.9 Å². The third-order valence-electron chi connectivity index (χ3n) is 2.72. The standard InChI is InChI=1S/C10H14BrN5O/c1-15-3-2-4-16(6-8(15)17)9-7(11)5-13-10(12)14-9/h5H,2-4,6H2,1H3,(H2,12,13,14). The van der Waals surface area contributed by atoms with E-state index in [-0.39, 0.29) is 11.9 Å². The van der Waals surface area contributed by atoms with Crippen LogP contribution in [0.3, 0.4) is 0 Å². The summed E-state index contributed by atoms with van der Waals surface area (Å²) >= 11 is 3.38. The normalized spacial score (nSPS) is 17.2. The molecule has 17 heavy (non-hydrogen) atoms. The van der Waals surface area contributed by atoms with Crippen molar-refractivity contribution in [3.63, 3.8) is 0 Å². The van der Waals surface area contributed by atoms with Gasteiger partial charge in [-0.05, 0) is 22.4 Å². The summed E-state index contributed by atoms with van der Waals surface area (Å²) in [6.07, 6.45) is 2.52. The molecule has 2 rings (SSSR count). The number of likely N-dealkylation sites (N-methyl/N-ethyl adjacent to an activating group) is 1. The van der Waals surface area contributed by atoms with Gasteiger partial charge in [-0.3, -0.25) is 4.79 Å². The average Bonchev–Trinajstić information content (AvgIpc) is 2.45. The van der Waals surface area contributed by atoms with E-state index in [1.165, 1.54) is 0 Å². The summed E-state index contributed by atoms with van der Waals surface area (Å²) in [5.41, 5.74) is 5.57. The van der Waals surface area contributed by atoms with Crippen molar-refractivity contribution in [2.45, 2.75) is 6.42 Å². The van der Waals surface area contributed by atoms with E-state index >= 15 is 0 Å². The molecule has 7 heteroatoms. The summed E-state index contributed by atoms with van der Waals surface area (Å²) in [4.78, 5) is 23.5. The second kappa shape index (κ2) is 4.87. The summed E-state index contributed by atoms with van der Waals surface area (Å²) in [5, 5.41) is 0. The molecule has 1 fully saturated rings. The molecule has 0 unspecified atom stereocenters. The number of nitrogens with zero attached hydrogens (tertiary/aromatic N) is 4. The lowest BCUT2D eigenvalue weighted by Gasteiger charge is -2.21. The minimum Gasteiger partial charge on any atom is -0.368 e. The van der Waals surface area contributed by atoms with Gasteiger partial charge in [-0.15, -0.1) is 0 Å². The molecule has 0 aromatic carbocycles. The highest BCUT2D eigenvalue weighted by Crippen LogP contribution is 2.24. The number of nitrogens with two attached hydrogens (primary N) is 1. The zero-order valence-corrected chi connectivity index (χ0v) is 11.1. The predicted octanol–water partition coefficient (Wildman–Crippen LogP) is 0.490. The molecule has 1 amide bonds. The Morgan fingerprint density at radius 2 is 2.24 bits per heavy atom. The summed E-state index contributed by atoms with van der Waals surface area (Å²) in [6, 6.07) is 0. The number of hydrogen-bond acceptors (Lipinski definition) is 5. The summed E-state index contributed by atoms with van der Waals surface area (Å²) in [7, 11) is 1.81. The van der Waals surface area contributed by atoms with Crippen molar-refractivity contribution in [2.75, 3.05) is 37.3 Å². The molecule has 0 spiro atoms. The second-order valence-corrected chi connectivity index (χ2v) is 4.84. The zero-order chi connectivity index (χ0) is 12.4. The molecule has 0 saturated carbocycles. The Hall–Kier alpha value is -1.37. The van der Waals surface area contributed by atoms with Crippen molar-refractivity contribution >= 4 is 33.6 Å². The van der Waals surface area contributed by atoms with Crippen LogP contribution in [0.25, 0.3) is 0 Å². The topological polar surface area (TPSA) is 75.3 Å². The summed E-state index contributed by atoms with van der Waals surface area (Å²) in [5.74, 6) is 0.987. The lowest BCUT2D eigenvalue weighted by atomic mass is 10.4. The number of aromatic nitrogens is 2. The molecule has 0 atom stereocenters. The van der Waals surface area contributed by atoms with Gasteiger partial charge in [-0.1, -0.05) is 0 Å². The van der Waals surface area contributed by atoms with E-state index < -0.39 is 0 Å². The minimum atomic E-state index is 0.0894. The van der Waals surface area contributed by atoms with Crippen LogP contribution in [-0.2, 0) is 4.79 Å². The smallest absolute Gasteiger partial charge is 0.241 e. The molecular formula is C10H14BrN5O. The summed E-state index contributed by atoms with van der Waals surface area (Å²) in [6.45, 7) is 1.88. The largest absolute Gasteiger partial charge is 0.368 e. The quantitative estimate of drug-likeness (QED) is 0.817. The molecule has 1 aromatic heterocycles. The van der Waals surface area contributed by atoms with Crippen LogP contribution in [0.15, 0.2) is 10.7 Å². The SMILES string of the molecule is CN1CCCN(c2nc(N)ncc2Br)CC1=O. The number of rotatable bonds is 1. The lowest BCUT2D eigenvalue weighted by molar-refractivity contribution is -0.127. The Labute approximate surface area is 108 Å². The molecule has 0 radical (unpaired) electrons. The number of carbonyl (C=O) groups excluding carboxylic acids is 1. The maximum absolute atomic E-state index is 11.8. The van der Waals surface area contributed by atoms with Crippen molar-refractivity contribution < 1.29 is 4.79 Å². The lowest BCUT2D eigenvalue weighted by Crippen LogP contribution is -2.35. The third-order valence-corrected chi connectivity index (χ3v) is 3.28. The van der Waals surface area contributed by atoms with E-state index in [0.717, 1.165) is 24.0 Å². The van der Waals surface area contributed by atoms with Crippen molar-refractivity contribution in [1.29, 1.82) is 0 Å². The van der Waals surface area contributed by atoms with Gasteiger partial charge < -0.3 is 15.5 Å². The first-order valence-electron chi connectivity index (χ1n) is 5.35. The molecule has 2 N–H and O–H groups in total. The Morgan fingerprint density at radius 1 is 1.47 bits per heavy atom. The van der Waals surface area contributed by atoms with E-state index in [1.807, 2.05) is 11.9 Å². The number of carbonyl (C=O) groups is 1. The molecular weight excluding hydrogens is 286 g/mol. The van der Waals surface area contributed by atoms with Gasteiger partial charge in [0, 0.05) is 26.3 Å². The fourth-order valence-corrected chi connectivity index (χ4v) is 2.20. The number of anilines is 2. The van der Waals surface area contributed by atoms with Gasteiger partial charge in [0.15, 0.2) is 0 Å². The van der Waals surface area contributed by atoms with Gasteiger partial charge >= 0.3 is 0 Å². The van der Waals surface area contributed by atoms with Crippen molar-refractivity contribution in [3.8, 4) is 0 Å². The maximum Gasteiger partial charge on any atom is 0.241 e. The fraction of sp³-hybridized carbons (Fsp3) is 0.500. The van der Waals surface area contributed by atoms with Gasteiger partial charge in [0.05, 0.1) is 11.0 Å². The first-order valence-corrected chi connectivity index (χ1v) is 6.14. The Bertz CT molecular complexity index is 439. The van der Waals surface area contributed by atoms with Crippen LogP contribution in [0, 0.1) is 0 Å². The third kappa shape index (κ3) is 2.66. The van der Waals surface area contributed by atoms with E-state index in [9.17, 15) is 4.79 Å². The van der Waals surface area contributed by atoms with E-state index in [4.69, 9.17) is 5.73 Å². The highest BCUT2D eigenvalue weighted by atomic mass is 79.9. The van der Waals surface area contributed by atoms with Gasteiger partial charge in [0.2, 0.25) is 11.9 Å². The predicted molar refractivity (Wildman–Crippen MR) is 68.6 cm³/mol. The van der Waals surface area contributed by atoms with Crippen LogP contribution in [0.1, 0.15) is 6.42 Å². The first-order chi connectivity index (χ1) is 8.08. The Morgan fingerprint density at radius 3 is 3.00 bits per heavy atom. The number of hydrogen-bond donors (Lipinski definition) is 1. The Kier molecular flexibility index (Phi) is 3.46. The molecule has 1 aromatic rings. The van der Waals surface area contributed by atoms with Crippen LogP contribution in [-0.4, -0.2) is 47.5 Å². The van der Waals surface area contributed by atoms with Crippen LogP contribution < -0.4 is 10.6 Å².